The Bertz CT molecular complexity index is 271. The summed E-state index contributed by atoms with van der Waals surface area (Å²) >= 11 is 0. The van der Waals surface area contributed by atoms with Gasteiger partial charge in [-0.25, -0.2) is 0 Å². The van der Waals surface area contributed by atoms with Crippen molar-refractivity contribution in [3.8, 4) is 0 Å². The molecule has 2 rings (SSSR count). The van der Waals surface area contributed by atoms with E-state index in [1.165, 1.54) is 0 Å². The summed E-state index contributed by atoms with van der Waals surface area (Å²) in [5.41, 5.74) is 0.773. The monoisotopic (exact) mass is 148 g/mol. The lowest BCUT2D eigenvalue weighted by molar-refractivity contribution is -0.115. The predicted octanol–water partition coefficient (Wildman–Crippen LogP) is 1.01. The molecule has 56 valence electrons. The van der Waals surface area contributed by atoms with E-state index in [0.717, 1.165) is 5.57 Å². The van der Waals surface area contributed by atoms with Gasteiger partial charge in [0.2, 0.25) is 0 Å². The van der Waals surface area contributed by atoms with Crippen LogP contribution in [-0.2, 0) is 9.53 Å². The van der Waals surface area contributed by atoms with Crippen molar-refractivity contribution in [2.75, 3.05) is 6.61 Å². The average molecular weight is 148 g/mol. The van der Waals surface area contributed by atoms with Gasteiger partial charge in [-0.2, -0.15) is 0 Å². The molecular weight excluding hydrogens is 140 g/mol. The molecule has 1 aliphatic carbocycles. The van der Waals surface area contributed by atoms with Crippen molar-refractivity contribution in [2.24, 2.45) is 0 Å². The molecule has 2 heteroatoms. The van der Waals surface area contributed by atoms with Crippen LogP contribution in [0.4, 0.5) is 0 Å². The summed E-state index contributed by atoms with van der Waals surface area (Å²) in [6, 6.07) is 0. The Balaban J connectivity index is 2.38. The molecule has 1 saturated heterocycles. The minimum absolute atomic E-state index is 0.0995. The molecule has 1 unspecified atom stereocenters. The van der Waals surface area contributed by atoms with Crippen LogP contribution in [0.3, 0.4) is 0 Å². The zero-order valence-electron chi connectivity index (χ0n) is 5.99. The van der Waals surface area contributed by atoms with Gasteiger partial charge in [0.1, 0.15) is 12.7 Å². The smallest absolute Gasteiger partial charge is 0.187 e. The van der Waals surface area contributed by atoms with Crippen molar-refractivity contribution < 1.29 is 9.53 Å². The van der Waals surface area contributed by atoms with Gasteiger partial charge in [0, 0.05) is 5.57 Å². The summed E-state index contributed by atoms with van der Waals surface area (Å²) in [7, 11) is 0. The fourth-order valence-electron chi connectivity index (χ4n) is 1.23. The summed E-state index contributed by atoms with van der Waals surface area (Å²) in [5, 5.41) is 0. The fourth-order valence-corrected chi connectivity index (χ4v) is 1.23. The number of rotatable bonds is 0. The molecule has 0 aromatic carbocycles. The van der Waals surface area contributed by atoms with Gasteiger partial charge in [0.05, 0.1) is 0 Å². The highest BCUT2D eigenvalue weighted by Crippen LogP contribution is 2.19. The third-order valence-corrected chi connectivity index (χ3v) is 1.81. The molecule has 1 heterocycles. The first kappa shape index (κ1) is 6.55. The maximum atomic E-state index is 11.1. The van der Waals surface area contributed by atoms with Gasteiger partial charge in [-0.05, 0) is 0 Å². The van der Waals surface area contributed by atoms with Crippen molar-refractivity contribution in [3.05, 3.63) is 36.0 Å². The number of hydrogen-bond donors (Lipinski definition) is 0. The van der Waals surface area contributed by atoms with Crippen LogP contribution in [0.2, 0.25) is 0 Å². The molecule has 0 aromatic rings. The molecule has 1 aliphatic heterocycles. The lowest BCUT2D eigenvalue weighted by atomic mass is 10.1. The highest BCUT2D eigenvalue weighted by molar-refractivity contribution is 6.00. The Hall–Kier alpha value is -1.15. The molecule has 0 radical (unpaired) electrons. The molecular formula is C9H8O2. The van der Waals surface area contributed by atoms with Crippen LogP contribution in [0.15, 0.2) is 36.0 Å². The van der Waals surface area contributed by atoms with E-state index in [1.54, 1.807) is 0 Å². The second-order valence-electron chi connectivity index (χ2n) is 2.55. The summed E-state index contributed by atoms with van der Waals surface area (Å²) in [4.78, 5) is 11.1. The van der Waals surface area contributed by atoms with Gasteiger partial charge >= 0.3 is 0 Å². The summed E-state index contributed by atoms with van der Waals surface area (Å²) < 4.78 is 5.20. The van der Waals surface area contributed by atoms with Gasteiger partial charge in [-0.15, -0.1) is 0 Å². The number of ether oxygens (including phenoxy) is 1. The quantitative estimate of drug-likeness (QED) is 0.512. The fraction of sp³-hybridized carbons (Fsp3) is 0.222. The number of allylic oxidation sites excluding steroid dienone is 4. The van der Waals surface area contributed by atoms with Crippen molar-refractivity contribution >= 4 is 5.78 Å². The minimum atomic E-state index is -0.0995. The van der Waals surface area contributed by atoms with E-state index >= 15 is 0 Å². The van der Waals surface area contributed by atoms with Gasteiger partial charge in [-0.1, -0.05) is 30.4 Å². The highest BCUT2D eigenvalue weighted by Gasteiger charge is 2.26. The van der Waals surface area contributed by atoms with Crippen molar-refractivity contribution in [1.82, 2.24) is 0 Å². The molecule has 0 bridgehead atoms. The maximum Gasteiger partial charge on any atom is 0.187 e. The highest BCUT2D eigenvalue weighted by atomic mass is 16.5. The molecule has 1 atom stereocenters. The Morgan fingerprint density at radius 3 is 3.18 bits per heavy atom. The SMILES string of the molecule is O=C1COC2C=CC=CC=C12. The predicted molar refractivity (Wildman–Crippen MR) is 41.1 cm³/mol. The molecule has 11 heavy (non-hydrogen) atoms. The van der Waals surface area contributed by atoms with Crippen molar-refractivity contribution in [1.29, 1.82) is 0 Å². The van der Waals surface area contributed by atoms with Crippen LogP contribution in [0, 0.1) is 0 Å². The molecule has 2 nitrogen and oxygen atoms in total. The van der Waals surface area contributed by atoms with Crippen LogP contribution in [0.25, 0.3) is 0 Å². The first-order chi connectivity index (χ1) is 5.38. The number of fused-ring (bicyclic) bond motifs is 1. The number of carbonyl (C=O) groups is 1. The molecule has 0 aromatic heterocycles. The summed E-state index contributed by atoms with van der Waals surface area (Å²) in [6.07, 6.45) is 9.25. The molecule has 0 N–H and O–H groups in total. The normalized spacial score (nSPS) is 28.2. The third kappa shape index (κ3) is 1.05. The largest absolute Gasteiger partial charge is 0.361 e. The van der Waals surface area contributed by atoms with E-state index in [2.05, 4.69) is 0 Å². The first-order valence-corrected chi connectivity index (χ1v) is 3.58. The van der Waals surface area contributed by atoms with Crippen LogP contribution in [-0.4, -0.2) is 18.5 Å². The molecule has 0 spiro atoms. The zero-order valence-corrected chi connectivity index (χ0v) is 5.99. The van der Waals surface area contributed by atoms with Crippen molar-refractivity contribution in [2.45, 2.75) is 6.10 Å². The minimum Gasteiger partial charge on any atom is -0.361 e. The third-order valence-electron chi connectivity index (χ3n) is 1.81. The first-order valence-electron chi connectivity index (χ1n) is 3.58. The molecule has 2 aliphatic rings. The second kappa shape index (κ2) is 2.47. The number of hydrogen-bond acceptors (Lipinski definition) is 2. The summed E-state index contributed by atoms with van der Waals surface area (Å²) in [6.45, 7) is 0.231. The van der Waals surface area contributed by atoms with Crippen LogP contribution in [0.1, 0.15) is 0 Å². The Morgan fingerprint density at radius 1 is 1.36 bits per heavy atom. The van der Waals surface area contributed by atoms with Gasteiger partial charge < -0.3 is 4.74 Å². The average Bonchev–Trinajstić information content (AvgIpc) is 2.25. The van der Waals surface area contributed by atoms with E-state index in [1.807, 2.05) is 30.4 Å². The topological polar surface area (TPSA) is 26.3 Å². The summed E-state index contributed by atoms with van der Waals surface area (Å²) in [5.74, 6) is 0.103. The van der Waals surface area contributed by atoms with Gasteiger partial charge in [0.15, 0.2) is 5.78 Å². The van der Waals surface area contributed by atoms with E-state index in [4.69, 9.17) is 4.74 Å². The maximum absolute atomic E-state index is 11.1. The molecule has 1 fully saturated rings. The van der Waals surface area contributed by atoms with E-state index < -0.39 is 0 Å². The Labute approximate surface area is 64.9 Å². The number of ketones is 1. The lowest BCUT2D eigenvalue weighted by Gasteiger charge is -2.00. The number of Topliss-reactive ketones (excluding diaryl/α,β-unsaturated/α-hetero) is 1. The van der Waals surface area contributed by atoms with Crippen LogP contribution < -0.4 is 0 Å². The standard InChI is InChI=1S/C9H8O2/c10-8-6-11-9-5-3-1-2-4-7(8)9/h1-5,9H,6H2. The van der Waals surface area contributed by atoms with E-state index in [9.17, 15) is 4.79 Å². The Kier molecular flexibility index (Phi) is 1.47. The van der Waals surface area contributed by atoms with E-state index in [0.29, 0.717) is 0 Å². The van der Waals surface area contributed by atoms with Gasteiger partial charge in [-0.3, -0.25) is 4.79 Å². The van der Waals surface area contributed by atoms with Crippen LogP contribution in [0.5, 0.6) is 0 Å². The Morgan fingerprint density at radius 2 is 2.27 bits per heavy atom. The van der Waals surface area contributed by atoms with Crippen molar-refractivity contribution in [3.63, 3.8) is 0 Å². The zero-order chi connectivity index (χ0) is 7.68. The second-order valence-corrected chi connectivity index (χ2v) is 2.55. The van der Waals surface area contributed by atoms with Crippen LogP contribution >= 0.6 is 0 Å². The number of carbonyl (C=O) groups excluding carboxylic acids is 1. The van der Waals surface area contributed by atoms with E-state index in [-0.39, 0.29) is 18.5 Å². The molecule has 0 amide bonds. The molecule has 0 saturated carbocycles. The van der Waals surface area contributed by atoms with Gasteiger partial charge in [0.25, 0.3) is 0 Å². The lowest BCUT2D eigenvalue weighted by Crippen LogP contribution is -2.04.